The van der Waals surface area contributed by atoms with E-state index in [0.29, 0.717) is 0 Å². The third-order valence-corrected chi connectivity index (χ3v) is 2.55. The Morgan fingerprint density at radius 1 is 1.00 bits per heavy atom. The SMILES string of the molecule is OCc1cc(O)cc(OCc2ccccc2)c1O. The highest BCUT2D eigenvalue weighted by Gasteiger charge is 2.10. The van der Waals surface area contributed by atoms with Crippen LogP contribution in [0, 0.1) is 0 Å². The average molecular weight is 246 g/mol. The summed E-state index contributed by atoms with van der Waals surface area (Å²) < 4.78 is 5.43. The molecule has 2 rings (SSSR count). The van der Waals surface area contributed by atoms with Crippen molar-refractivity contribution in [2.24, 2.45) is 0 Å². The minimum atomic E-state index is -0.359. The number of phenols is 2. The zero-order chi connectivity index (χ0) is 13.0. The number of hydrogen-bond donors (Lipinski definition) is 3. The lowest BCUT2D eigenvalue weighted by atomic mass is 10.2. The van der Waals surface area contributed by atoms with Crippen LogP contribution in [-0.4, -0.2) is 15.3 Å². The first-order valence-corrected chi connectivity index (χ1v) is 5.53. The highest BCUT2D eigenvalue weighted by molar-refractivity contribution is 5.50. The van der Waals surface area contributed by atoms with Gasteiger partial charge in [0.25, 0.3) is 0 Å². The molecule has 4 nitrogen and oxygen atoms in total. The molecule has 3 N–H and O–H groups in total. The molecule has 0 heterocycles. The molecular weight excluding hydrogens is 232 g/mol. The lowest BCUT2D eigenvalue weighted by molar-refractivity contribution is 0.261. The maximum atomic E-state index is 9.80. The first kappa shape index (κ1) is 12.3. The Balaban J connectivity index is 2.17. The minimum Gasteiger partial charge on any atom is -0.508 e. The molecule has 2 aromatic carbocycles. The fraction of sp³-hybridized carbons (Fsp3) is 0.143. The smallest absolute Gasteiger partial charge is 0.165 e. The Bertz CT molecular complexity index is 523. The summed E-state index contributed by atoms with van der Waals surface area (Å²) in [5.74, 6) is -0.0472. The van der Waals surface area contributed by atoms with Crippen LogP contribution >= 0.6 is 0 Å². The molecule has 94 valence electrons. The predicted molar refractivity (Wildman–Crippen MR) is 66.5 cm³/mol. The second-order valence-corrected chi connectivity index (χ2v) is 3.88. The normalized spacial score (nSPS) is 10.3. The van der Waals surface area contributed by atoms with Gasteiger partial charge < -0.3 is 20.1 Å². The molecule has 2 aromatic rings. The molecule has 0 saturated carbocycles. The molecule has 0 aliphatic rings. The van der Waals surface area contributed by atoms with Crippen LogP contribution in [-0.2, 0) is 13.2 Å². The van der Waals surface area contributed by atoms with E-state index in [1.807, 2.05) is 30.3 Å². The average Bonchev–Trinajstić information content (AvgIpc) is 2.40. The van der Waals surface area contributed by atoms with Gasteiger partial charge in [-0.25, -0.2) is 0 Å². The van der Waals surface area contributed by atoms with Crippen LogP contribution < -0.4 is 4.74 Å². The Kier molecular flexibility index (Phi) is 3.69. The summed E-state index contributed by atoms with van der Waals surface area (Å²) in [6, 6.07) is 12.1. The number of benzene rings is 2. The van der Waals surface area contributed by atoms with Crippen LogP contribution in [0.3, 0.4) is 0 Å². The summed E-state index contributed by atoms with van der Waals surface area (Å²) in [4.78, 5) is 0. The van der Waals surface area contributed by atoms with Gasteiger partial charge in [0.05, 0.1) is 6.61 Å². The van der Waals surface area contributed by atoms with Gasteiger partial charge in [-0.3, -0.25) is 0 Å². The van der Waals surface area contributed by atoms with Crippen LogP contribution in [0.15, 0.2) is 42.5 Å². The summed E-state index contributed by atoms with van der Waals surface area (Å²) in [5, 5.41) is 28.3. The van der Waals surface area contributed by atoms with Crippen molar-refractivity contribution in [3.05, 3.63) is 53.6 Å². The van der Waals surface area contributed by atoms with Crippen LogP contribution in [0.25, 0.3) is 0 Å². The van der Waals surface area contributed by atoms with E-state index in [0.717, 1.165) is 5.56 Å². The highest BCUT2D eigenvalue weighted by Crippen LogP contribution is 2.34. The van der Waals surface area contributed by atoms with Gasteiger partial charge in [-0.1, -0.05) is 30.3 Å². The molecule has 0 aliphatic carbocycles. The van der Waals surface area contributed by atoms with Gasteiger partial charge >= 0.3 is 0 Å². The van der Waals surface area contributed by atoms with Crippen molar-refractivity contribution >= 4 is 0 Å². The number of rotatable bonds is 4. The van der Waals surface area contributed by atoms with Gasteiger partial charge in [0.1, 0.15) is 12.4 Å². The van der Waals surface area contributed by atoms with Gasteiger partial charge in [0.15, 0.2) is 11.5 Å². The van der Waals surface area contributed by atoms with E-state index in [9.17, 15) is 10.2 Å². The maximum Gasteiger partial charge on any atom is 0.165 e. The molecule has 0 aliphatic heterocycles. The second-order valence-electron chi connectivity index (χ2n) is 3.88. The number of aliphatic hydroxyl groups excluding tert-OH is 1. The first-order valence-electron chi connectivity index (χ1n) is 5.53. The summed E-state index contributed by atoms with van der Waals surface area (Å²) >= 11 is 0. The third-order valence-electron chi connectivity index (χ3n) is 2.55. The molecule has 0 radical (unpaired) electrons. The molecule has 4 heteroatoms. The topological polar surface area (TPSA) is 69.9 Å². The van der Waals surface area contributed by atoms with Crippen LogP contribution in [0.5, 0.6) is 17.2 Å². The lowest BCUT2D eigenvalue weighted by Crippen LogP contribution is -1.97. The summed E-state index contributed by atoms with van der Waals surface area (Å²) in [5.41, 5.74) is 1.18. The Morgan fingerprint density at radius 2 is 1.72 bits per heavy atom. The molecule has 0 saturated heterocycles. The van der Waals surface area contributed by atoms with Crippen LogP contribution in [0.4, 0.5) is 0 Å². The van der Waals surface area contributed by atoms with Crippen molar-refractivity contribution in [2.45, 2.75) is 13.2 Å². The number of aliphatic hydroxyl groups is 1. The second kappa shape index (κ2) is 5.42. The summed E-state index contributed by atoms with van der Waals surface area (Å²) in [7, 11) is 0. The molecule has 0 bridgehead atoms. The Hall–Kier alpha value is -2.20. The van der Waals surface area contributed by atoms with Crippen molar-refractivity contribution in [2.75, 3.05) is 0 Å². The van der Waals surface area contributed by atoms with Crippen molar-refractivity contribution in [3.8, 4) is 17.2 Å². The number of hydrogen-bond acceptors (Lipinski definition) is 4. The lowest BCUT2D eigenvalue weighted by Gasteiger charge is -2.11. The largest absolute Gasteiger partial charge is 0.508 e. The van der Waals surface area contributed by atoms with E-state index in [2.05, 4.69) is 0 Å². The minimum absolute atomic E-state index is 0.0556. The fourth-order valence-electron chi connectivity index (χ4n) is 1.62. The summed E-state index contributed by atoms with van der Waals surface area (Å²) in [6.45, 7) is -0.0787. The zero-order valence-electron chi connectivity index (χ0n) is 9.71. The molecule has 0 atom stereocenters. The van der Waals surface area contributed by atoms with Gasteiger partial charge in [0.2, 0.25) is 0 Å². The van der Waals surface area contributed by atoms with E-state index in [1.165, 1.54) is 12.1 Å². The first-order chi connectivity index (χ1) is 8.70. The fourth-order valence-corrected chi connectivity index (χ4v) is 1.62. The highest BCUT2D eigenvalue weighted by atomic mass is 16.5. The standard InChI is InChI=1S/C14H14O4/c15-8-11-6-12(16)7-13(14(11)17)18-9-10-4-2-1-3-5-10/h1-7,15-17H,8-9H2. The maximum absolute atomic E-state index is 9.80. The van der Waals surface area contributed by atoms with E-state index in [-0.39, 0.29) is 36.0 Å². The van der Waals surface area contributed by atoms with E-state index in [4.69, 9.17) is 9.84 Å². The van der Waals surface area contributed by atoms with Crippen molar-refractivity contribution in [1.29, 1.82) is 0 Å². The third kappa shape index (κ3) is 2.73. The Morgan fingerprint density at radius 3 is 2.39 bits per heavy atom. The van der Waals surface area contributed by atoms with E-state index >= 15 is 0 Å². The Labute approximate surface area is 105 Å². The summed E-state index contributed by atoms with van der Waals surface area (Å²) in [6.07, 6.45) is 0. The molecule has 0 unspecified atom stereocenters. The van der Waals surface area contributed by atoms with Crippen molar-refractivity contribution < 1.29 is 20.1 Å². The molecule has 0 spiro atoms. The quantitative estimate of drug-likeness (QED) is 0.723. The molecule has 0 aromatic heterocycles. The van der Waals surface area contributed by atoms with Gasteiger partial charge in [-0.05, 0) is 11.6 Å². The molecule has 18 heavy (non-hydrogen) atoms. The van der Waals surface area contributed by atoms with Crippen LogP contribution in [0.2, 0.25) is 0 Å². The van der Waals surface area contributed by atoms with Gasteiger partial charge in [0, 0.05) is 11.6 Å². The molecule has 0 amide bonds. The van der Waals surface area contributed by atoms with Gasteiger partial charge in [-0.2, -0.15) is 0 Å². The van der Waals surface area contributed by atoms with E-state index in [1.54, 1.807) is 0 Å². The van der Waals surface area contributed by atoms with Gasteiger partial charge in [-0.15, -0.1) is 0 Å². The van der Waals surface area contributed by atoms with Crippen LogP contribution in [0.1, 0.15) is 11.1 Å². The van der Waals surface area contributed by atoms with Crippen molar-refractivity contribution in [3.63, 3.8) is 0 Å². The molecule has 0 fully saturated rings. The zero-order valence-corrected chi connectivity index (χ0v) is 9.71. The number of ether oxygens (including phenoxy) is 1. The van der Waals surface area contributed by atoms with E-state index < -0.39 is 0 Å². The molecular formula is C14H14O4. The number of aromatic hydroxyl groups is 2. The number of phenolic OH excluding ortho intramolecular Hbond substituents is 1. The monoisotopic (exact) mass is 246 g/mol. The predicted octanol–water partition coefficient (Wildman–Crippen LogP) is 2.17. The van der Waals surface area contributed by atoms with Crippen molar-refractivity contribution in [1.82, 2.24) is 0 Å².